The Morgan fingerprint density at radius 1 is 0.946 bits per heavy atom. The van der Waals surface area contributed by atoms with Crippen LogP contribution in [0.1, 0.15) is 65.6 Å². The summed E-state index contributed by atoms with van der Waals surface area (Å²) in [7, 11) is 0. The van der Waals surface area contributed by atoms with Crippen molar-refractivity contribution in [3.05, 3.63) is 94.6 Å². The van der Waals surface area contributed by atoms with Crippen LogP contribution in [0.4, 0.5) is 29.3 Å². The highest BCUT2D eigenvalue weighted by Crippen LogP contribution is 2.35. The van der Waals surface area contributed by atoms with Gasteiger partial charge in [0, 0.05) is 69.1 Å². The number of amides is 3. The van der Waals surface area contributed by atoms with Gasteiger partial charge in [-0.15, -0.1) is 0 Å². The molecule has 56 heavy (non-hydrogen) atoms. The minimum atomic E-state index is -3.31. The van der Waals surface area contributed by atoms with E-state index in [1.807, 2.05) is 30.5 Å². The number of carbonyl (C=O) groups excluding carboxylic acids is 3. The second-order valence-electron chi connectivity index (χ2n) is 14.6. The van der Waals surface area contributed by atoms with E-state index >= 15 is 17.6 Å². The van der Waals surface area contributed by atoms with Crippen LogP contribution >= 0.6 is 0 Å². The van der Waals surface area contributed by atoms with Crippen molar-refractivity contribution in [3.63, 3.8) is 0 Å². The summed E-state index contributed by atoms with van der Waals surface area (Å²) < 4.78 is 63.5. The molecule has 0 saturated carbocycles. The van der Waals surface area contributed by atoms with E-state index in [1.54, 1.807) is 19.1 Å². The predicted molar refractivity (Wildman–Crippen MR) is 197 cm³/mol. The quantitative estimate of drug-likeness (QED) is 0.113. The van der Waals surface area contributed by atoms with E-state index in [2.05, 4.69) is 35.5 Å². The normalized spacial score (nSPS) is 18.2. The Morgan fingerprint density at radius 3 is 2.45 bits per heavy atom. The van der Waals surface area contributed by atoms with Gasteiger partial charge in [0.2, 0.25) is 17.8 Å². The maximum Gasteiger partial charge on any atom is 0.333 e. The van der Waals surface area contributed by atoms with Crippen molar-refractivity contribution < 1.29 is 31.9 Å². The van der Waals surface area contributed by atoms with Crippen LogP contribution in [-0.4, -0.2) is 89.1 Å². The van der Waals surface area contributed by atoms with Crippen molar-refractivity contribution in [2.45, 2.75) is 64.8 Å². The lowest BCUT2D eigenvalue weighted by atomic mass is 10.0. The first-order valence-corrected chi connectivity index (χ1v) is 18.3. The zero-order valence-corrected chi connectivity index (χ0v) is 30.8. The van der Waals surface area contributed by atoms with Gasteiger partial charge >= 0.3 is 6.05 Å². The summed E-state index contributed by atoms with van der Waals surface area (Å²) in [4.78, 5) is 58.4. The van der Waals surface area contributed by atoms with E-state index in [-0.39, 0.29) is 84.4 Å². The van der Waals surface area contributed by atoms with Crippen LogP contribution in [0.25, 0.3) is 22.3 Å². The number of anilines is 2. The van der Waals surface area contributed by atoms with Gasteiger partial charge in [-0.3, -0.25) is 24.6 Å². The number of nitrogens with zero attached hydrogens (tertiary/aromatic N) is 8. The van der Waals surface area contributed by atoms with Gasteiger partial charge in [-0.05, 0) is 68.7 Å². The maximum absolute atomic E-state index is 15.7. The van der Waals surface area contributed by atoms with Crippen molar-refractivity contribution in [1.29, 1.82) is 0 Å². The molecule has 3 aliphatic heterocycles. The van der Waals surface area contributed by atoms with Crippen molar-refractivity contribution in [3.8, 4) is 11.3 Å². The van der Waals surface area contributed by atoms with E-state index in [0.29, 0.717) is 36.5 Å². The molecular formula is C39H38F4N10O3. The number of alkyl halides is 2. The number of rotatable bonds is 9. The molecule has 3 aliphatic rings. The molecule has 2 aromatic carbocycles. The summed E-state index contributed by atoms with van der Waals surface area (Å²) in [6, 6.07) is 6.88. The smallest absolute Gasteiger partial charge is 0.326 e. The standard InChI is InChI=1S/C39H38F4N10O3/c1-21(2)53-22(3)46-35-28(40)15-24(16-31(35)53)34-29(41)18-45-38(49-34)47-32-8-5-26(17-44-32)39(42,43)51-12-10-50(11-13-51)19-23-4-6-27-25(14-23)20-52(37(27)56)30-7-9-33(54)48-36(30)55/h4-6,8,14-18,21,30H,7,9-13,19-20H2,1-3H3,(H,48,54,55)(H,44,45,47,49). The molecule has 5 aromatic rings. The molecule has 17 heteroatoms. The van der Waals surface area contributed by atoms with E-state index in [1.165, 1.54) is 23.1 Å². The summed E-state index contributed by atoms with van der Waals surface area (Å²) in [6.07, 6.45) is 2.48. The van der Waals surface area contributed by atoms with Crippen LogP contribution in [-0.2, 0) is 28.7 Å². The lowest BCUT2D eigenvalue weighted by Gasteiger charge is -2.38. The second kappa shape index (κ2) is 14.4. The molecule has 3 amide bonds. The topological polar surface area (TPSA) is 141 Å². The van der Waals surface area contributed by atoms with Gasteiger partial charge in [0.05, 0.1) is 17.3 Å². The molecule has 2 N–H and O–H groups in total. The number of nitrogens with one attached hydrogen (secondary N) is 2. The first kappa shape index (κ1) is 37.1. The number of benzene rings is 2. The zero-order chi connectivity index (χ0) is 39.5. The number of aromatic nitrogens is 5. The molecule has 1 atom stereocenters. The van der Waals surface area contributed by atoms with Gasteiger partial charge < -0.3 is 14.8 Å². The third-order valence-corrected chi connectivity index (χ3v) is 10.6. The number of hydrogen-bond donors (Lipinski definition) is 2. The highest BCUT2D eigenvalue weighted by atomic mass is 19.3. The molecule has 0 bridgehead atoms. The minimum Gasteiger partial charge on any atom is -0.326 e. The van der Waals surface area contributed by atoms with Crippen LogP contribution in [0.3, 0.4) is 0 Å². The monoisotopic (exact) mass is 770 g/mol. The summed E-state index contributed by atoms with van der Waals surface area (Å²) in [6.45, 7) is 7.35. The summed E-state index contributed by atoms with van der Waals surface area (Å²) in [5, 5.41) is 5.13. The zero-order valence-electron chi connectivity index (χ0n) is 30.8. The van der Waals surface area contributed by atoms with E-state index in [4.69, 9.17) is 0 Å². The van der Waals surface area contributed by atoms with Crippen LogP contribution in [0.15, 0.2) is 54.9 Å². The van der Waals surface area contributed by atoms with Crippen LogP contribution in [0.5, 0.6) is 0 Å². The molecule has 2 fully saturated rings. The van der Waals surface area contributed by atoms with Gasteiger partial charge in [0.15, 0.2) is 11.6 Å². The molecular weight excluding hydrogens is 732 g/mol. The maximum atomic E-state index is 15.7. The van der Waals surface area contributed by atoms with Crippen molar-refractivity contribution in [2.24, 2.45) is 0 Å². The molecule has 13 nitrogen and oxygen atoms in total. The van der Waals surface area contributed by atoms with Crippen molar-refractivity contribution >= 4 is 40.5 Å². The summed E-state index contributed by atoms with van der Waals surface area (Å²) >= 11 is 0. The Morgan fingerprint density at radius 2 is 1.73 bits per heavy atom. The number of halogens is 4. The minimum absolute atomic E-state index is 0.0201. The Kier molecular flexibility index (Phi) is 9.52. The van der Waals surface area contributed by atoms with E-state index < -0.39 is 29.6 Å². The third kappa shape index (κ3) is 6.85. The average Bonchev–Trinajstić information content (AvgIpc) is 3.68. The van der Waals surface area contributed by atoms with Crippen molar-refractivity contribution in [2.75, 3.05) is 31.5 Å². The number of imide groups is 1. The third-order valence-electron chi connectivity index (χ3n) is 10.6. The fourth-order valence-electron chi connectivity index (χ4n) is 7.80. The van der Waals surface area contributed by atoms with Crippen LogP contribution in [0.2, 0.25) is 0 Å². The fraction of sp³-hybridized carbons (Fsp3) is 0.359. The van der Waals surface area contributed by atoms with E-state index in [0.717, 1.165) is 28.4 Å². The van der Waals surface area contributed by atoms with Gasteiger partial charge in [-0.2, -0.15) is 8.78 Å². The molecule has 1 unspecified atom stereocenters. The molecule has 290 valence electrons. The molecule has 2 saturated heterocycles. The van der Waals surface area contributed by atoms with Crippen molar-refractivity contribution in [1.82, 2.24) is 44.5 Å². The van der Waals surface area contributed by atoms with Crippen LogP contribution in [0, 0.1) is 18.6 Å². The fourth-order valence-corrected chi connectivity index (χ4v) is 7.80. The molecule has 0 radical (unpaired) electrons. The molecule has 6 heterocycles. The Labute approximate surface area is 318 Å². The molecule has 0 aliphatic carbocycles. The number of imidazole rings is 1. The molecule has 8 rings (SSSR count). The number of piperidine rings is 1. The van der Waals surface area contributed by atoms with Gasteiger partial charge in [-0.25, -0.2) is 33.6 Å². The summed E-state index contributed by atoms with van der Waals surface area (Å²) in [5.74, 6) is -1.74. The first-order valence-electron chi connectivity index (χ1n) is 18.3. The van der Waals surface area contributed by atoms with Gasteiger partial charge in [0.25, 0.3) is 5.91 Å². The predicted octanol–water partition coefficient (Wildman–Crippen LogP) is 5.43. The van der Waals surface area contributed by atoms with Crippen LogP contribution < -0.4 is 10.6 Å². The number of aryl methyl sites for hydroxylation is 1. The largest absolute Gasteiger partial charge is 0.333 e. The number of pyridine rings is 1. The summed E-state index contributed by atoms with van der Waals surface area (Å²) in [5.41, 5.74) is 2.63. The SMILES string of the molecule is Cc1nc2c(F)cc(-c3nc(Nc4ccc(C(F)(F)N5CCN(Cc6ccc7c(c6)CN(C6CCC(=O)NC6=O)C7=O)CC5)cn4)ncc3F)cc2n1C(C)C. The van der Waals surface area contributed by atoms with E-state index in [9.17, 15) is 14.4 Å². The number of hydrogen-bond acceptors (Lipinski definition) is 10. The molecule has 0 spiro atoms. The highest BCUT2D eigenvalue weighted by Gasteiger charge is 2.42. The lowest BCUT2D eigenvalue weighted by Crippen LogP contribution is -2.52. The highest BCUT2D eigenvalue weighted by molar-refractivity contribution is 6.05. The first-order chi connectivity index (χ1) is 26.8. The van der Waals surface area contributed by atoms with Gasteiger partial charge in [-0.1, -0.05) is 12.1 Å². The Bertz CT molecular complexity index is 2380. The average molecular weight is 771 g/mol. The lowest BCUT2D eigenvalue weighted by molar-refractivity contribution is -0.168. The number of piperazine rings is 1. The van der Waals surface area contributed by atoms with Gasteiger partial charge in [0.1, 0.15) is 28.9 Å². The second-order valence-corrected chi connectivity index (χ2v) is 14.6. The number of carbonyl (C=O) groups is 3. The Hall–Kier alpha value is -5.81. The number of fused-ring (bicyclic) bond motifs is 2. The Balaban J connectivity index is 0.891. The molecule has 3 aromatic heterocycles.